The van der Waals surface area contributed by atoms with Gasteiger partial charge in [-0.1, -0.05) is 6.08 Å². The van der Waals surface area contributed by atoms with Crippen molar-refractivity contribution < 1.29 is 9.50 Å². The van der Waals surface area contributed by atoms with Gasteiger partial charge in [0.1, 0.15) is 5.67 Å². The van der Waals surface area contributed by atoms with Crippen molar-refractivity contribution in [2.75, 3.05) is 0 Å². The molecule has 1 aliphatic rings. The van der Waals surface area contributed by atoms with Crippen LogP contribution in [0.25, 0.3) is 0 Å². The molecule has 0 fully saturated rings. The molecule has 0 saturated heterocycles. The van der Waals surface area contributed by atoms with Crippen LogP contribution in [0.1, 0.15) is 20.3 Å². The molecule has 3 N–H and O–H groups in total. The molecule has 1 rings (SSSR count). The Hall–Kier alpha value is -0.410. The molecule has 3 heteroatoms. The lowest BCUT2D eigenvalue weighted by Gasteiger charge is -2.35. The summed E-state index contributed by atoms with van der Waals surface area (Å²) in [7, 11) is 0. The lowest BCUT2D eigenvalue weighted by molar-refractivity contribution is 0.0507. The predicted octanol–water partition coefficient (Wildman–Crippen LogP) is 0.753. The van der Waals surface area contributed by atoms with E-state index in [1.54, 1.807) is 6.92 Å². The molecule has 2 nitrogen and oxygen atoms in total. The Balaban J connectivity index is 2.84. The number of hydrogen-bond donors (Lipinski definition) is 2. The maximum absolute atomic E-state index is 13.2. The summed E-state index contributed by atoms with van der Waals surface area (Å²) in [5.41, 5.74) is 3.46. The molecular formula is C8H14FNO. The molecule has 11 heavy (non-hydrogen) atoms. The maximum atomic E-state index is 13.2. The van der Waals surface area contributed by atoms with Gasteiger partial charge < -0.3 is 10.8 Å². The Morgan fingerprint density at radius 3 is 2.45 bits per heavy atom. The molecule has 3 atom stereocenters. The number of rotatable bonds is 0. The first-order valence-corrected chi connectivity index (χ1v) is 3.70. The smallest absolute Gasteiger partial charge is 0.129 e. The van der Waals surface area contributed by atoms with Crippen molar-refractivity contribution in [3.05, 3.63) is 12.2 Å². The van der Waals surface area contributed by atoms with Gasteiger partial charge in [-0.05, 0) is 19.9 Å². The average Bonchev–Trinajstić information content (AvgIpc) is 1.81. The normalized spacial score (nSPS) is 51.2. The number of hydrogen-bond acceptors (Lipinski definition) is 2. The van der Waals surface area contributed by atoms with Gasteiger partial charge in [-0.3, -0.25) is 0 Å². The second-order valence-corrected chi connectivity index (χ2v) is 3.70. The molecule has 0 saturated carbocycles. The third-order valence-corrected chi connectivity index (χ3v) is 2.10. The SMILES string of the molecule is CC1(F)C=CC(C)(N)C(O)C1. The van der Waals surface area contributed by atoms with Crippen molar-refractivity contribution in [1.82, 2.24) is 0 Å². The second kappa shape index (κ2) is 2.29. The Morgan fingerprint density at radius 2 is 2.09 bits per heavy atom. The van der Waals surface area contributed by atoms with Gasteiger partial charge in [-0.2, -0.15) is 0 Å². The van der Waals surface area contributed by atoms with Crippen molar-refractivity contribution in [1.29, 1.82) is 0 Å². The highest BCUT2D eigenvalue weighted by molar-refractivity contribution is 5.17. The van der Waals surface area contributed by atoms with Crippen molar-refractivity contribution in [2.24, 2.45) is 5.73 Å². The minimum Gasteiger partial charge on any atom is -0.391 e. The van der Waals surface area contributed by atoms with E-state index in [1.807, 2.05) is 0 Å². The Kier molecular flexibility index (Phi) is 1.81. The molecule has 0 aromatic carbocycles. The fourth-order valence-corrected chi connectivity index (χ4v) is 1.13. The molecular weight excluding hydrogens is 145 g/mol. The molecule has 0 spiro atoms. The van der Waals surface area contributed by atoms with Crippen LogP contribution in [0.5, 0.6) is 0 Å². The molecule has 3 unspecified atom stereocenters. The quantitative estimate of drug-likeness (QED) is 0.512. The maximum Gasteiger partial charge on any atom is 0.129 e. The monoisotopic (exact) mass is 159 g/mol. The van der Waals surface area contributed by atoms with Crippen LogP contribution in [0.3, 0.4) is 0 Å². The van der Waals surface area contributed by atoms with Gasteiger partial charge >= 0.3 is 0 Å². The van der Waals surface area contributed by atoms with E-state index in [-0.39, 0.29) is 6.42 Å². The van der Waals surface area contributed by atoms with Crippen molar-refractivity contribution in [2.45, 2.75) is 37.6 Å². The van der Waals surface area contributed by atoms with Gasteiger partial charge in [0.25, 0.3) is 0 Å². The summed E-state index contributed by atoms with van der Waals surface area (Å²) in [5.74, 6) is 0. The highest BCUT2D eigenvalue weighted by Gasteiger charge is 2.37. The van der Waals surface area contributed by atoms with E-state index in [1.165, 1.54) is 19.1 Å². The summed E-state index contributed by atoms with van der Waals surface area (Å²) in [4.78, 5) is 0. The van der Waals surface area contributed by atoms with Crippen molar-refractivity contribution in [3.8, 4) is 0 Å². The third kappa shape index (κ3) is 1.79. The van der Waals surface area contributed by atoms with Crippen molar-refractivity contribution in [3.63, 3.8) is 0 Å². The van der Waals surface area contributed by atoms with Crippen LogP contribution < -0.4 is 5.73 Å². The van der Waals surface area contributed by atoms with E-state index in [0.29, 0.717) is 0 Å². The number of alkyl halides is 1. The highest BCUT2D eigenvalue weighted by Crippen LogP contribution is 2.29. The Morgan fingerprint density at radius 1 is 1.55 bits per heavy atom. The van der Waals surface area contributed by atoms with E-state index >= 15 is 0 Å². The first kappa shape index (κ1) is 8.68. The molecule has 0 bridgehead atoms. The molecule has 1 aliphatic carbocycles. The second-order valence-electron chi connectivity index (χ2n) is 3.70. The van der Waals surface area contributed by atoms with E-state index in [9.17, 15) is 9.50 Å². The zero-order valence-electron chi connectivity index (χ0n) is 6.84. The number of aliphatic hydroxyl groups is 1. The summed E-state index contributed by atoms with van der Waals surface area (Å²) < 4.78 is 13.2. The van der Waals surface area contributed by atoms with Gasteiger partial charge in [0.05, 0.1) is 11.6 Å². The molecule has 0 heterocycles. The summed E-state index contributed by atoms with van der Waals surface area (Å²) >= 11 is 0. The lowest BCUT2D eigenvalue weighted by atomic mass is 9.81. The van der Waals surface area contributed by atoms with Gasteiger partial charge in [0.2, 0.25) is 0 Å². The van der Waals surface area contributed by atoms with Gasteiger partial charge in [0.15, 0.2) is 0 Å². The van der Waals surface area contributed by atoms with E-state index in [4.69, 9.17) is 5.73 Å². The minimum atomic E-state index is -1.40. The van der Waals surface area contributed by atoms with E-state index in [2.05, 4.69) is 0 Å². The van der Waals surface area contributed by atoms with Crippen LogP contribution in [0.15, 0.2) is 12.2 Å². The van der Waals surface area contributed by atoms with Gasteiger partial charge in [-0.25, -0.2) is 4.39 Å². The van der Waals surface area contributed by atoms with Crippen molar-refractivity contribution >= 4 is 0 Å². The van der Waals surface area contributed by atoms with E-state index < -0.39 is 17.3 Å². The summed E-state index contributed by atoms with van der Waals surface area (Å²) in [6.45, 7) is 3.12. The van der Waals surface area contributed by atoms with Crippen LogP contribution in [0.4, 0.5) is 4.39 Å². The zero-order valence-corrected chi connectivity index (χ0v) is 6.84. The lowest BCUT2D eigenvalue weighted by Crippen LogP contribution is -2.51. The largest absolute Gasteiger partial charge is 0.391 e. The number of halogens is 1. The molecule has 0 radical (unpaired) electrons. The summed E-state index contributed by atoms with van der Waals surface area (Å²) in [6.07, 6.45) is 2.24. The molecule has 64 valence electrons. The first-order valence-electron chi connectivity index (χ1n) is 3.70. The Bertz CT molecular complexity index is 187. The predicted molar refractivity (Wildman–Crippen MR) is 41.9 cm³/mol. The fourth-order valence-electron chi connectivity index (χ4n) is 1.13. The average molecular weight is 159 g/mol. The minimum absolute atomic E-state index is 0.0799. The van der Waals surface area contributed by atoms with Crippen LogP contribution in [-0.2, 0) is 0 Å². The topological polar surface area (TPSA) is 46.2 Å². The van der Waals surface area contributed by atoms with Crippen LogP contribution in [0, 0.1) is 0 Å². The molecule has 0 aromatic heterocycles. The summed E-state index contributed by atoms with van der Waals surface area (Å²) in [5, 5.41) is 9.36. The number of allylic oxidation sites excluding steroid dienone is 1. The van der Waals surface area contributed by atoms with Crippen LogP contribution >= 0.6 is 0 Å². The molecule has 0 aliphatic heterocycles. The highest BCUT2D eigenvalue weighted by atomic mass is 19.1. The number of aliphatic hydroxyl groups excluding tert-OH is 1. The molecule has 0 aromatic rings. The standard InChI is InChI=1S/C8H14FNO/c1-7(9)3-4-8(2,10)6(11)5-7/h3-4,6,11H,5,10H2,1-2H3. The fraction of sp³-hybridized carbons (Fsp3) is 0.750. The Labute approximate surface area is 65.9 Å². The van der Waals surface area contributed by atoms with Gasteiger partial charge in [0, 0.05) is 6.42 Å². The number of nitrogens with two attached hydrogens (primary N) is 1. The first-order chi connectivity index (χ1) is 4.83. The van der Waals surface area contributed by atoms with Gasteiger partial charge in [-0.15, -0.1) is 0 Å². The molecule has 0 amide bonds. The van der Waals surface area contributed by atoms with E-state index in [0.717, 1.165) is 0 Å². The zero-order chi connectivity index (χ0) is 8.70. The van der Waals surface area contributed by atoms with Crippen LogP contribution in [-0.4, -0.2) is 22.4 Å². The van der Waals surface area contributed by atoms with Crippen LogP contribution in [0.2, 0.25) is 0 Å². The third-order valence-electron chi connectivity index (χ3n) is 2.10. The summed E-state index contributed by atoms with van der Waals surface area (Å²) in [6, 6.07) is 0.